The largest absolute Gasteiger partial charge is 0.339 e. The molecule has 2 N–H and O–H groups in total. The van der Waals surface area contributed by atoms with Gasteiger partial charge in [-0.1, -0.05) is 25.9 Å². The van der Waals surface area contributed by atoms with E-state index in [9.17, 15) is 0 Å². The predicted molar refractivity (Wildman–Crippen MR) is 62.1 cm³/mol. The molecule has 1 aliphatic rings. The fourth-order valence-corrected chi connectivity index (χ4v) is 1.91. The van der Waals surface area contributed by atoms with Crippen LogP contribution in [0.3, 0.4) is 0 Å². The molecule has 1 heterocycles. The van der Waals surface area contributed by atoms with Gasteiger partial charge in [0, 0.05) is 12.5 Å². The van der Waals surface area contributed by atoms with Gasteiger partial charge >= 0.3 is 0 Å². The Morgan fingerprint density at radius 2 is 2.19 bits per heavy atom. The van der Waals surface area contributed by atoms with Crippen molar-refractivity contribution < 1.29 is 4.52 Å². The number of aromatic nitrogens is 2. The van der Waals surface area contributed by atoms with Gasteiger partial charge in [-0.25, -0.2) is 0 Å². The predicted octanol–water partition coefficient (Wildman–Crippen LogP) is 2.21. The van der Waals surface area contributed by atoms with Gasteiger partial charge in [0.2, 0.25) is 5.89 Å². The lowest BCUT2D eigenvalue weighted by molar-refractivity contribution is 0.289. The topological polar surface area (TPSA) is 64.9 Å². The van der Waals surface area contributed by atoms with Gasteiger partial charge in [-0.05, 0) is 25.2 Å². The van der Waals surface area contributed by atoms with Crippen molar-refractivity contribution in [1.29, 1.82) is 0 Å². The van der Waals surface area contributed by atoms with Gasteiger partial charge in [0.05, 0.1) is 5.41 Å². The van der Waals surface area contributed by atoms with Crippen molar-refractivity contribution in [2.45, 2.75) is 51.9 Å². The highest BCUT2D eigenvalue weighted by atomic mass is 16.5. The SMILES string of the molecule is CCC(C)(CN)c1nc(C2CC2(C)C)no1. The van der Waals surface area contributed by atoms with Crippen molar-refractivity contribution in [2.75, 3.05) is 6.54 Å². The van der Waals surface area contributed by atoms with Crippen LogP contribution in [0.25, 0.3) is 0 Å². The summed E-state index contributed by atoms with van der Waals surface area (Å²) in [6.07, 6.45) is 2.07. The Morgan fingerprint density at radius 3 is 2.62 bits per heavy atom. The van der Waals surface area contributed by atoms with E-state index in [1.54, 1.807) is 0 Å². The summed E-state index contributed by atoms with van der Waals surface area (Å²) in [6.45, 7) is 9.17. The average Bonchev–Trinajstić information content (AvgIpc) is 2.70. The monoisotopic (exact) mass is 223 g/mol. The summed E-state index contributed by atoms with van der Waals surface area (Å²) in [6, 6.07) is 0. The summed E-state index contributed by atoms with van der Waals surface area (Å²) in [7, 11) is 0. The molecule has 0 aromatic carbocycles. The van der Waals surface area contributed by atoms with Gasteiger partial charge in [0.25, 0.3) is 0 Å². The highest BCUT2D eigenvalue weighted by Gasteiger charge is 2.50. The smallest absolute Gasteiger partial charge is 0.233 e. The molecule has 4 heteroatoms. The van der Waals surface area contributed by atoms with E-state index in [2.05, 4.69) is 37.8 Å². The number of nitrogens with zero attached hydrogens (tertiary/aromatic N) is 2. The fourth-order valence-electron chi connectivity index (χ4n) is 1.91. The van der Waals surface area contributed by atoms with Gasteiger partial charge in [0.1, 0.15) is 0 Å². The van der Waals surface area contributed by atoms with E-state index in [0.717, 1.165) is 18.7 Å². The Hall–Kier alpha value is -0.900. The second kappa shape index (κ2) is 3.55. The molecule has 16 heavy (non-hydrogen) atoms. The number of rotatable bonds is 4. The zero-order valence-electron chi connectivity index (χ0n) is 10.6. The van der Waals surface area contributed by atoms with Gasteiger partial charge in [0.15, 0.2) is 5.82 Å². The molecule has 2 rings (SSSR count). The standard InChI is InChI=1S/C12H21N3O/c1-5-12(4,7-13)10-14-9(15-16-10)8-6-11(8,2)3/h8H,5-7,13H2,1-4H3. The lowest BCUT2D eigenvalue weighted by Gasteiger charge is -2.20. The van der Waals surface area contributed by atoms with Gasteiger partial charge < -0.3 is 10.3 Å². The molecule has 4 nitrogen and oxygen atoms in total. The van der Waals surface area contributed by atoms with E-state index >= 15 is 0 Å². The third-order valence-corrected chi connectivity index (χ3v) is 4.01. The Labute approximate surface area is 96.6 Å². The van der Waals surface area contributed by atoms with Gasteiger partial charge in [-0.3, -0.25) is 0 Å². The van der Waals surface area contributed by atoms with Crippen molar-refractivity contribution in [3.8, 4) is 0 Å². The Balaban J connectivity index is 2.20. The van der Waals surface area contributed by atoms with Crippen molar-refractivity contribution in [2.24, 2.45) is 11.1 Å². The van der Waals surface area contributed by atoms with Crippen molar-refractivity contribution >= 4 is 0 Å². The molecular formula is C12H21N3O. The maximum Gasteiger partial charge on any atom is 0.233 e. The molecule has 1 aliphatic carbocycles. The molecule has 1 aromatic rings. The number of nitrogens with two attached hydrogens (primary N) is 1. The Morgan fingerprint density at radius 1 is 1.56 bits per heavy atom. The molecular weight excluding hydrogens is 202 g/mol. The average molecular weight is 223 g/mol. The second-order valence-corrected chi connectivity index (χ2v) is 5.82. The van der Waals surface area contributed by atoms with Crippen LogP contribution in [0.15, 0.2) is 4.52 Å². The highest BCUT2D eigenvalue weighted by Crippen LogP contribution is 2.57. The number of hydrogen-bond acceptors (Lipinski definition) is 4. The third kappa shape index (κ3) is 1.75. The molecule has 2 unspecified atom stereocenters. The quantitative estimate of drug-likeness (QED) is 0.850. The molecule has 90 valence electrons. The van der Waals surface area contributed by atoms with Crippen molar-refractivity contribution in [1.82, 2.24) is 10.1 Å². The minimum Gasteiger partial charge on any atom is -0.339 e. The van der Waals surface area contributed by atoms with E-state index in [1.165, 1.54) is 0 Å². The van der Waals surface area contributed by atoms with E-state index in [1.807, 2.05) is 0 Å². The Kier molecular flexibility index (Phi) is 2.57. The summed E-state index contributed by atoms with van der Waals surface area (Å²) in [4.78, 5) is 4.52. The summed E-state index contributed by atoms with van der Waals surface area (Å²) in [5.41, 5.74) is 5.94. The van der Waals surface area contributed by atoms with Crippen LogP contribution in [0.2, 0.25) is 0 Å². The maximum atomic E-state index is 5.78. The first-order chi connectivity index (χ1) is 7.43. The van der Waals surface area contributed by atoms with Crippen LogP contribution in [-0.4, -0.2) is 16.7 Å². The maximum absolute atomic E-state index is 5.78. The molecule has 0 saturated heterocycles. The molecule has 2 atom stereocenters. The normalized spacial score (nSPS) is 26.4. The van der Waals surface area contributed by atoms with Crippen LogP contribution in [0.4, 0.5) is 0 Å². The number of hydrogen-bond donors (Lipinski definition) is 1. The molecule has 0 radical (unpaired) electrons. The van der Waals surface area contributed by atoms with E-state index in [0.29, 0.717) is 23.8 Å². The summed E-state index contributed by atoms with van der Waals surface area (Å²) in [5.74, 6) is 2.01. The van der Waals surface area contributed by atoms with Crippen LogP contribution in [0.5, 0.6) is 0 Å². The molecule has 0 bridgehead atoms. The Bertz CT molecular complexity index is 379. The van der Waals surface area contributed by atoms with E-state index < -0.39 is 0 Å². The summed E-state index contributed by atoms with van der Waals surface area (Å²) < 4.78 is 5.37. The highest BCUT2D eigenvalue weighted by molar-refractivity contribution is 5.16. The van der Waals surface area contributed by atoms with Crippen LogP contribution >= 0.6 is 0 Å². The van der Waals surface area contributed by atoms with Crippen LogP contribution < -0.4 is 5.73 Å². The van der Waals surface area contributed by atoms with Crippen LogP contribution in [-0.2, 0) is 5.41 Å². The zero-order valence-corrected chi connectivity index (χ0v) is 10.6. The summed E-state index contributed by atoms with van der Waals surface area (Å²) in [5, 5.41) is 4.09. The second-order valence-electron chi connectivity index (χ2n) is 5.82. The first kappa shape index (κ1) is 11.6. The molecule has 0 amide bonds. The summed E-state index contributed by atoms with van der Waals surface area (Å²) >= 11 is 0. The van der Waals surface area contributed by atoms with E-state index in [-0.39, 0.29) is 5.41 Å². The van der Waals surface area contributed by atoms with Gasteiger partial charge in [-0.15, -0.1) is 0 Å². The molecule has 1 aromatic heterocycles. The zero-order chi connectivity index (χ0) is 12.0. The lowest BCUT2D eigenvalue weighted by Crippen LogP contribution is -2.31. The van der Waals surface area contributed by atoms with Crippen LogP contribution in [0, 0.1) is 5.41 Å². The molecule has 1 fully saturated rings. The first-order valence-corrected chi connectivity index (χ1v) is 5.97. The lowest BCUT2D eigenvalue weighted by atomic mass is 9.88. The van der Waals surface area contributed by atoms with E-state index in [4.69, 9.17) is 10.3 Å². The third-order valence-electron chi connectivity index (χ3n) is 4.01. The molecule has 0 aliphatic heterocycles. The fraction of sp³-hybridized carbons (Fsp3) is 0.833. The van der Waals surface area contributed by atoms with Crippen molar-refractivity contribution in [3.63, 3.8) is 0 Å². The molecule has 1 saturated carbocycles. The molecule has 0 spiro atoms. The van der Waals surface area contributed by atoms with Gasteiger partial charge in [-0.2, -0.15) is 4.98 Å². The first-order valence-electron chi connectivity index (χ1n) is 5.97. The van der Waals surface area contributed by atoms with Crippen LogP contribution in [0.1, 0.15) is 58.2 Å². The minimum absolute atomic E-state index is 0.176. The van der Waals surface area contributed by atoms with Crippen molar-refractivity contribution in [3.05, 3.63) is 11.7 Å². The minimum atomic E-state index is -0.176.